The van der Waals surface area contributed by atoms with Gasteiger partial charge in [0.25, 0.3) is 0 Å². The highest BCUT2D eigenvalue weighted by atomic mass is 16.5. The number of hydrogen-bond donors (Lipinski definition) is 3. The van der Waals surface area contributed by atoms with Crippen molar-refractivity contribution in [2.45, 2.75) is 6.92 Å². The Hall–Kier alpha value is -2.12. The quantitative estimate of drug-likeness (QED) is 0.582. The highest BCUT2D eigenvalue weighted by Gasteiger charge is 2.06. The SMILES string of the molecule is CCOc1nc(NC)nc(NCC(N)=O)n1. The van der Waals surface area contributed by atoms with Gasteiger partial charge < -0.3 is 21.1 Å². The number of carbonyl (C=O) groups excluding carboxylic acids is 1. The van der Waals surface area contributed by atoms with Gasteiger partial charge in [-0.1, -0.05) is 0 Å². The minimum atomic E-state index is -0.496. The first kappa shape index (κ1) is 12.0. The topological polar surface area (TPSA) is 115 Å². The monoisotopic (exact) mass is 226 g/mol. The van der Waals surface area contributed by atoms with Gasteiger partial charge in [-0.3, -0.25) is 4.79 Å². The fourth-order valence-electron chi connectivity index (χ4n) is 0.907. The first-order valence-electron chi connectivity index (χ1n) is 4.74. The van der Waals surface area contributed by atoms with Gasteiger partial charge in [0.2, 0.25) is 17.8 Å². The molecule has 8 nitrogen and oxygen atoms in total. The first-order valence-corrected chi connectivity index (χ1v) is 4.74. The number of rotatable bonds is 6. The summed E-state index contributed by atoms with van der Waals surface area (Å²) in [5, 5.41) is 5.42. The molecular formula is C8H14N6O2. The maximum absolute atomic E-state index is 10.6. The maximum Gasteiger partial charge on any atom is 0.323 e. The van der Waals surface area contributed by atoms with Crippen molar-refractivity contribution in [2.24, 2.45) is 5.73 Å². The van der Waals surface area contributed by atoms with Crippen molar-refractivity contribution in [1.82, 2.24) is 15.0 Å². The van der Waals surface area contributed by atoms with Crippen molar-refractivity contribution < 1.29 is 9.53 Å². The molecule has 0 fully saturated rings. The zero-order valence-corrected chi connectivity index (χ0v) is 9.15. The van der Waals surface area contributed by atoms with E-state index in [0.29, 0.717) is 12.6 Å². The van der Waals surface area contributed by atoms with Crippen LogP contribution in [0.2, 0.25) is 0 Å². The van der Waals surface area contributed by atoms with Crippen LogP contribution in [0.15, 0.2) is 0 Å². The molecule has 0 aliphatic heterocycles. The summed E-state index contributed by atoms with van der Waals surface area (Å²) in [6.45, 7) is 2.22. The smallest absolute Gasteiger partial charge is 0.323 e. The molecule has 0 saturated carbocycles. The summed E-state index contributed by atoms with van der Waals surface area (Å²) >= 11 is 0. The Morgan fingerprint density at radius 1 is 1.38 bits per heavy atom. The van der Waals surface area contributed by atoms with E-state index in [4.69, 9.17) is 10.5 Å². The molecule has 0 radical (unpaired) electrons. The van der Waals surface area contributed by atoms with Crippen LogP contribution in [0.4, 0.5) is 11.9 Å². The number of nitrogens with one attached hydrogen (secondary N) is 2. The Bertz CT molecular complexity index is 370. The summed E-state index contributed by atoms with van der Waals surface area (Å²) in [7, 11) is 1.67. The van der Waals surface area contributed by atoms with Gasteiger partial charge >= 0.3 is 6.01 Å². The predicted molar refractivity (Wildman–Crippen MR) is 58.2 cm³/mol. The third kappa shape index (κ3) is 3.56. The molecule has 0 bridgehead atoms. The van der Waals surface area contributed by atoms with E-state index >= 15 is 0 Å². The van der Waals surface area contributed by atoms with Crippen molar-refractivity contribution in [1.29, 1.82) is 0 Å². The number of anilines is 2. The molecule has 88 valence electrons. The highest BCUT2D eigenvalue weighted by Crippen LogP contribution is 2.10. The van der Waals surface area contributed by atoms with E-state index in [1.165, 1.54) is 0 Å². The van der Waals surface area contributed by atoms with Crippen molar-refractivity contribution in [2.75, 3.05) is 30.8 Å². The third-order valence-electron chi connectivity index (χ3n) is 1.53. The number of amides is 1. The maximum atomic E-state index is 10.6. The molecule has 4 N–H and O–H groups in total. The Morgan fingerprint density at radius 2 is 2.06 bits per heavy atom. The van der Waals surface area contributed by atoms with Gasteiger partial charge in [-0.25, -0.2) is 0 Å². The van der Waals surface area contributed by atoms with Gasteiger partial charge in [0.05, 0.1) is 13.2 Å². The molecule has 16 heavy (non-hydrogen) atoms. The van der Waals surface area contributed by atoms with Gasteiger partial charge in [-0.15, -0.1) is 0 Å². The third-order valence-corrected chi connectivity index (χ3v) is 1.53. The summed E-state index contributed by atoms with van der Waals surface area (Å²) in [6.07, 6.45) is 0. The van der Waals surface area contributed by atoms with E-state index in [1.54, 1.807) is 7.05 Å². The fourth-order valence-corrected chi connectivity index (χ4v) is 0.907. The lowest BCUT2D eigenvalue weighted by Gasteiger charge is -2.07. The van der Waals surface area contributed by atoms with Crippen LogP contribution in [-0.2, 0) is 4.79 Å². The molecule has 0 aliphatic carbocycles. The van der Waals surface area contributed by atoms with Gasteiger partial charge in [0.1, 0.15) is 0 Å². The molecule has 0 atom stereocenters. The van der Waals surface area contributed by atoms with Crippen LogP contribution < -0.4 is 21.1 Å². The van der Waals surface area contributed by atoms with E-state index in [-0.39, 0.29) is 18.5 Å². The zero-order chi connectivity index (χ0) is 12.0. The minimum Gasteiger partial charge on any atom is -0.464 e. The Morgan fingerprint density at radius 3 is 2.62 bits per heavy atom. The van der Waals surface area contributed by atoms with Crippen LogP contribution >= 0.6 is 0 Å². The molecule has 1 heterocycles. The first-order chi connectivity index (χ1) is 7.65. The summed E-state index contributed by atoms with van der Waals surface area (Å²) < 4.78 is 5.14. The molecule has 1 amide bonds. The van der Waals surface area contributed by atoms with Crippen molar-refractivity contribution in [3.05, 3.63) is 0 Å². The largest absolute Gasteiger partial charge is 0.464 e. The number of carbonyl (C=O) groups is 1. The van der Waals surface area contributed by atoms with E-state index in [9.17, 15) is 4.79 Å². The average molecular weight is 226 g/mol. The lowest BCUT2D eigenvalue weighted by atomic mass is 10.6. The molecule has 0 aliphatic rings. The van der Waals surface area contributed by atoms with E-state index < -0.39 is 5.91 Å². The van der Waals surface area contributed by atoms with Crippen molar-refractivity contribution in [3.8, 4) is 6.01 Å². The van der Waals surface area contributed by atoms with Gasteiger partial charge in [-0.2, -0.15) is 15.0 Å². The minimum absolute atomic E-state index is 0.0429. The fraction of sp³-hybridized carbons (Fsp3) is 0.500. The summed E-state index contributed by atoms with van der Waals surface area (Å²) in [5.41, 5.74) is 4.99. The molecular weight excluding hydrogens is 212 g/mol. The average Bonchev–Trinajstić information content (AvgIpc) is 2.26. The number of ether oxygens (including phenoxy) is 1. The second kappa shape index (κ2) is 5.69. The van der Waals surface area contributed by atoms with Crippen molar-refractivity contribution >= 4 is 17.8 Å². The van der Waals surface area contributed by atoms with E-state index in [0.717, 1.165) is 0 Å². The number of primary amides is 1. The molecule has 1 aromatic rings. The molecule has 8 heteroatoms. The Kier molecular flexibility index (Phi) is 4.25. The molecule has 0 unspecified atom stereocenters. The lowest BCUT2D eigenvalue weighted by molar-refractivity contribution is -0.116. The highest BCUT2D eigenvalue weighted by molar-refractivity contribution is 5.78. The standard InChI is InChI=1S/C8H14N6O2/c1-3-16-8-13-6(10-2)12-7(14-8)11-4-5(9)15/h3-4H2,1-2H3,(H2,9,15)(H2,10,11,12,13,14). The van der Waals surface area contributed by atoms with E-state index in [2.05, 4.69) is 25.6 Å². The Labute approximate surface area is 92.6 Å². The lowest BCUT2D eigenvalue weighted by Crippen LogP contribution is -2.23. The summed E-state index contributed by atoms with van der Waals surface area (Å²) in [6, 6.07) is 0.189. The molecule has 1 rings (SSSR count). The van der Waals surface area contributed by atoms with Gasteiger partial charge in [0.15, 0.2) is 0 Å². The second-order valence-corrected chi connectivity index (χ2v) is 2.77. The molecule has 0 saturated heterocycles. The van der Waals surface area contributed by atoms with E-state index in [1.807, 2.05) is 6.92 Å². The number of hydrogen-bond acceptors (Lipinski definition) is 7. The van der Waals surface area contributed by atoms with Crippen LogP contribution in [-0.4, -0.2) is 41.1 Å². The summed E-state index contributed by atoms with van der Waals surface area (Å²) in [5.74, 6) is 0.0939. The van der Waals surface area contributed by atoms with Crippen LogP contribution in [0, 0.1) is 0 Å². The molecule has 1 aromatic heterocycles. The van der Waals surface area contributed by atoms with Crippen LogP contribution in [0.1, 0.15) is 6.92 Å². The molecule has 0 aromatic carbocycles. The van der Waals surface area contributed by atoms with Crippen molar-refractivity contribution in [3.63, 3.8) is 0 Å². The van der Waals surface area contributed by atoms with Gasteiger partial charge in [-0.05, 0) is 6.92 Å². The van der Waals surface area contributed by atoms with Crippen LogP contribution in [0.5, 0.6) is 6.01 Å². The van der Waals surface area contributed by atoms with Crippen LogP contribution in [0.25, 0.3) is 0 Å². The van der Waals surface area contributed by atoms with Crippen LogP contribution in [0.3, 0.4) is 0 Å². The number of nitrogens with zero attached hydrogens (tertiary/aromatic N) is 3. The Balaban J connectivity index is 2.81. The predicted octanol–water partition coefficient (Wildman–Crippen LogP) is -0.791. The number of aromatic nitrogens is 3. The normalized spacial score (nSPS) is 9.62. The van der Waals surface area contributed by atoms with Gasteiger partial charge in [0, 0.05) is 7.05 Å². The number of nitrogens with two attached hydrogens (primary N) is 1. The second-order valence-electron chi connectivity index (χ2n) is 2.77. The molecule has 0 spiro atoms. The summed E-state index contributed by atoms with van der Waals surface area (Å²) in [4.78, 5) is 22.5. The zero-order valence-electron chi connectivity index (χ0n) is 9.15.